The van der Waals surface area contributed by atoms with Crippen molar-refractivity contribution in [2.45, 2.75) is 18.3 Å². The fourth-order valence-electron chi connectivity index (χ4n) is 1.88. The van der Waals surface area contributed by atoms with Crippen LogP contribution in [0.3, 0.4) is 0 Å². The number of nitrogens with zero attached hydrogens (tertiary/aromatic N) is 2. The molecular weight excluding hydrogens is 329 g/mol. The Balaban J connectivity index is 2.30. The first-order valence-corrected chi connectivity index (χ1v) is 7.61. The van der Waals surface area contributed by atoms with Gasteiger partial charge in [0.2, 0.25) is 6.41 Å². The first-order valence-electron chi connectivity index (χ1n) is 6.62. The number of hydrogen-bond acceptors (Lipinski definition) is 4. The monoisotopic (exact) mass is 342 g/mol. The number of ether oxygens (including phenoxy) is 1. The normalized spacial score (nSPS) is 11.1. The van der Waals surface area contributed by atoms with Crippen molar-refractivity contribution in [3.63, 3.8) is 0 Å². The molecule has 0 fully saturated rings. The minimum absolute atomic E-state index is 0.346. The highest BCUT2D eigenvalue weighted by molar-refractivity contribution is 7.99. The molecule has 0 spiro atoms. The molecule has 8 heteroatoms. The van der Waals surface area contributed by atoms with Crippen molar-refractivity contribution in [2.24, 2.45) is 0 Å². The number of alkyl halides is 3. The van der Waals surface area contributed by atoms with Gasteiger partial charge in [-0.1, -0.05) is 6.92 Å². The maximum atomic E-state index is 12.2. The molecule has 0 unspecified atom stereocenters. The zero-order chi connectivity index (χ0) is 16.9. The molecule has 0 aliphatic rings. The van der Waals surface area contributed by atoms with E-state index in [0.717, 1.165) is 17.9 Å². The number of pyridine rings is 1. The number of anilines is 2. The summed E-state index contributed by atoms with van der Waals surface area (Å²) in [4.78, 5) is 17.0. The highest BCUT2D eigenvalue weighted by atomic mass is 32.2. The first kappa shape index (κ1) is 17.1. The Hall–Kier alpha value is -2.22. The van der Waals surface area contributed by atoms with Gasteiger partial charge in [-0.15, -0.1) is 24.9 Å². The van der Waals surface area contributed by atoms with Crippen molar-refractivity contribution in [1.29, 1.82) is 0 Å². The van der Waals surface area contributed by atoms with E-state index < -0.39 is 6.36 Å². The van der Waals surface area contributed by atoms with E-state index in [-0.39, 0.29) is 5.75 Å². The van der Waals surface area contributed by atoms with Gasteiger partial charge in [0.25, 0.3) is 0 Å². The molecule has 0 aliphatic carbocycles. The lowest BCUT2D eigenvalue weighted by Gasteiger charge is -2.20. The summed E-state index contributed by atoms with van der Waals surface area (Å²) in [5.74, 6) is 0.427. The van der Waals surface area contributed by atoms with Gasteiger partial charge in [-0.2, -0.15) is 0 Å². The number of carbonyl (C=O) groups excluding carboxylic acids is 1. The lowest BCUT2D eigenvalue weighted by molar-refractivity contribution is -0.274. The molecule has 0 saturated heterocycles. The molecule has 1 aromatic heterocycles. The number of carbonyl (C=O) groups is 1. The summed E-state index contributed by atoms with van der Waals surface area (Å²) in [5, 5.41) is 0.665. The number of halogens is 3. The predicted octanol–water partition coefficient (Wildman–Crippen LogP) is 4.39. The quantitative estimate of drug-likeness (QED) is 0.577. The molecule has 1 aromatic carbocycles. The Labute approximate surface area is 135 Å². The lowest BCUT2D eigenvalue weighted by Crippen LogP contribution is -2.18. The van der Waals surface area contributed by atoms with Gasteiger partial charge in [0.1, 0.15) is 10.8 Å². The number of aromatic nitrogens is 1. The zero-order valence-corrected chi connectivity index (χ0v) is 12.9. The molecule has 0 radical (unpaired) electrons. The van der Waals surface area contributed by atoms with Crippen molar-refractivity contribution in [2.75, 3.05) is 10.7 Å². The van der Waals surface area contributed by atoms with Crippen molar-refractivity contribution < 1.29 is 22.7 Å². The van der Waals surface area contributed by atoms with Gasteiger partial charge < -0.3 is 4.74 Å². The maximum Gasteiger partial charge on any atom is 0.573 e. The minimum atomic E-state index is -4.75. The second-order valence-corrected chi connectivity index (χ2v) is 5.53. The lowest BCUT2D eigenvalue weighted by atomic mass is 10.2. The van der Waals surface area contributed by atoms with Crippen molar-refractivity contribution in [3.8, 4) is 5.75 Å². The Bertz CT molecular complexity index is 663. The number of benzene rings is 1. The topological polar surface area (TPSA) is 42.4 Å². The molecule has 0 saturated carbocycles. The van der Waals surface area contributed by atoms with Crippen LogP contribution in [0.5, 0.6) is 5.75 Å². The van der Waals surface area contributed by atoms with Gasteiger partial charge in [0.05, 0.1) is 5.69 Å². The first-order chi connectivity index (χ1) is 10.9. The zero-order valence-electron chi connectivity index (χ0n) is 12.1. The summed E-state index contributed by atoms with van der Waals surface area (Å²) in [7, 11) is 0. The summed E-state index contributed by atoms with van der Waals surface area (Å²) >= 11 is 1.47. The van der Waals surface area contributed by atoms with E-state index in [9.17, 15) is 18.0 Å². The van der Waals surface area contributed by atoms with Crippen LogP contribution in [0.15, 0.2) is 47.6 Å². The summed E-state index contributed by atoms with van der Waals surface area (Å²) < 4.78 is 40.3. The molecule has 23 heavy (non-hydrogen) atoms. The molecule has 0 N–H and O–H groups in total. The molecule has 1 heterocycles. The van der Waals surface area contributed by atoms with E-state index in [0.29, 0.717) is 22.8 Å². The average Bonchev–Trinajstić information content (AvgIpc) is 2.50. The third-order valence-electron chi connectivity index (χ3n) is 2.75. The second kappa shape index (κ2) is 7.36. The third-order valence-corrected chi connectivity index (χ3v) is 3.62. The fraction of sp³-hybridized carbons (Fsp3) is 0.200. The third kappa shape index (κ3) is 4.62. The largest absolute Gasteiger partial charge is 0.573 e. The number of thioether (sulfide) groups is 1. The molecule has 1 amide bonds. The van der Waals surface area contributed by atoms with E-state index >= 15 is 0 Å². The summed E-state index contributed by atoms with van der Waals surface area (Å²) in [5.41, 5.74) is 0.985. The molecular formula is C15H13F3N2O2S. The van der Waals surface area contributed by atoms with Crippen LogP contribution < -0.4 is 9.64 Å². The molecule has 122 valence electrons. The van der Waals surface area contributed by atoms with Crippen LogP contribution in [0.1, 0.15) is 6.92 Å². The Morgan fingerprint density at radius 1 is 1.26 bits per heavy atom. The van der Waals surface area contributed by atoms with Crippen LogP contribution in [-0.4, -0.2) is 23.5 Å². The molecule has 0 aliphatic heterocycles. The molecule has 4 nitrogen and oxygen atoms in total. The van der Waals surface area contributed by atoms with Gasteiger partial charge in [0.15, 0.2) is 0 Å². The molecule has 0 atom stereocenters. The maximum absolute atomic E-state index is 12.2. The fourth-order valence-corrected chi connectivity index (χ4v) is 2.60. The van der Waals surface area contributed by atoms with Gasteiger partial charge in [0, 0.05) is 11.9 Å². The Morgan fingerprint density at radius 2 is 1.96 bits per heavy atom. The number of hydrogen-bond donors (Lipinski definition) is 0. The minimum Gasteiger partial charge on any atom is -0.406 e. The van der Waals surface area contributed by atoms with E-state index in [1.165, 1.54) is 28.8 Å². The van der Waals surface area contributed by atoms with Crippen molar-refractivity contribution >= 4 is 29.5 Å². The van der Waals surface area contributed by atoms with Crippen LogP contribution in [0, 0.1) is 0 Å². The standard InChI is InChI=1S/C15H13F3N2O2S/c1-2-23-14-13(4-3-9-19-14)20(10-21)11-5-7-12(8-6-11)22-15(16,17)18/h3-10H,2H2,1H3. The second-order valence-electron chi connectivity index (χ2n) is 4.28. The van der Waals surface area contributed by atoms with Crippen molar-refractivity contribution in [3.05, 3.63) is 42.6 Å². The van der Waals surface area contributed by atoms with Crippen LogP contribution in [0.25, 0.3) is 0 Å². The molecule has 0 bridgehead atoms. The summed E-state index contributed by atoms with van der Waals surface area (Å²) in [6, 6.07) is 8.47. The highest BCUT2D eigenvalue weighted by Gasteiger charge is 2.31. The average molecular weight is 342 g/mol. The van der Waals surface area contributed by atoms with Crippen LogP contribution in [0.4, 0.5) is 24.5 Å². The highest BCUT2D eigenvalue weighted by Crippen LogP contribution is 2.33. The molecule has 2 rings (SSSR count). The van der Waals surface area contributed by atoms with Crippen LogP contribution in [0.2, 0.25) is 0 Å². The predicted molar refractivity (Wildman–Crippen MR) is 82.0 cm³/mol. The Kier molecular flexibility index (Phi) is 5.49. The SMILES string of the molecule is CCSc1ncccc1N(C=O)c1ccc(OC(F)(F)F)cc1. The van der Waals surface area contributed by atoms with Crippen molar-refractivity contribution in [1.82, 2.24) is 4.98 Å². The van der Waals surface area contributed by atoms with E-state index in [4.69, 9.17) is 0 Å². The number of amides is 1. The summed E-state index contributed by atoms with van der Waals surface area (Å²) in [6.07, 6.45) is -2.54. The van der Waals surface area contributed by atoms with Gasteiger partial charge >= 0.3 is 6.36 Å². The van der Waals surface area contributed by atoms with Gasteiger partial charge in [-0.25, -0.2) is 4.98 Å². The smallest absolute Gasteiger partial charge is 0.406 e. The summed E-state index contributed by atoms with van der Waals surface area (Å²) in [6.45, 7) is 1.96. The van der Waals surface area contributed by atoms with Gasteiger partial charge in [-0.3, -0.25) is 9.69 Å². The van der Waals surface area contributed by atoms with Gasteiger partial charge in [-0.05, 0) is 42.2 Å². The van der Waals surface area contributed by atoms with Crippen LogP contribution in [-0.2, 0) is 4.79 Å². The Morgan fingerprint density at radius 3 is 2.52 bits per heavy atom. The number of rotatable bonds is 6. The van der Waals surface area contributed by atoms with E-state index in [1.807, 2.05) is 6.92 Å². The van der Waals surface area contributed by atoms with Crippen LogP contribution >= 0.6 is 11.8 Å². The van der Waals surface area contributed by atoms with E-state index in [1.54, 1.807) is 18.3 Å². The molecule has 2 aromatic rings. The van der Waals surface area contributed by atoms with E-state index in [2.05, 4.69) is 9.72 Å².